The van der Waals surface area contributed by atoms with E-state index >= 15 is 0 Å². The third-order valence-electron chi connectivity index (χ3n) is 2.92. The van der Waals surface area contributed by atoms with E-state index in [-0.39, 0.29) is 0 Å². The molecule has 0 fully saturated rings. The zero-order chi connectivity index (χ0) is 12.5. The number of nitrogens with zero attached hydrogens (tertiary/aromatic N) is 1. The van der Waals surface area contributed by atoms with Gasteiger partial charge in [-0.2, -0.15) is 0 Å². The number of para-hydroxylation sites is 1. The maximum absolute atomic E-state index is 6.02. The molecule has 0 unspecified atom stereocenters. The monoisotopic (exact) mass is 298 g/mol. The van der Waals surface area contributed by atoms with Crippen LogP contribution in [-0.2, 0) is 0 Å². The number of fused-ring (bicyclic) bond motifs is 1. The van der Waals surface area contributed by atoms with Gasteiger partial charge in [-0.15, -0.1) is 0 Å². The molecule has 88 valence electrons. The Kier molecular flexibility index (Phi) is 2.76. The zero-order valence-corrected chi connectivity index (χ0v) is 11.2. The van der Waals surface area contributed by atoms with Crippen LogP contribution in [0.4, 0.5) is 5.69 Å². The zero-order valence-electron chi connectivity index (χ0n) is 9.60. The van der Waals surface area contributed by atoms with E-state index in [2.05, 4.69) is 33.0 Å². The van der Waals surface area contributed by atoms with Crippen LogP contribution in [0.3, 0.4) is 0 Å². The van der Waals surface area contributed by atoms with Gasteiger partial charge in [0, 0.05) is 32.9 Å². The summed E-state index contributed by atoms with van der Waals surface area (Å²) in [5.41, 5.74) is 9.81. The smallest absolute Gasteiger partial charge is 0.0702 e. The fourth-order valence-electron chi connectivity index (χ4n) is 2.00. The van der Waals surface area contributed by atoms with Gasteiger partial charge in [0.15, 0.2) is 0 Å². The van der Waals surface area contributed by atoms with Crippen molar-refractivity contribution in [2.45, 2.75) is 0 Å². The molecule has 0 bridgehead atoms. The Morgan fingerprint density at radius 3 is 2.72 bits per heavy atom. The normalized spacial score (nSPS) is 10.7. The first kappa shape index (κ1) is 11.2. The van der Waals surface area contributed by atoms with Crippen LogP contribution < -0.4 is 5.73 Å². The molecule has 1 heterocycles. The molecule has 0 aliphatic carbocycles. The van der Waals surface area contributed by atoms with Gasteiger partial charge in [0.05, 0.1) is 5.52 Å². The van der Waals surface area contributed by atoms with Gasteiger partial charge in [-0.1, -0.05) is 34.1 Å². The molecule has 0 saturated heterocycles. The molecule has 2 N–H and O–H groups in total. The SMILES string of the molecule is Nc1ccc(Br)cc1-c1cnc2ccccc2c1. The Morgan fingerprint density at radius 1 is 1.00 bits per heavy atom. The molecule has 0 amide bonds. The Bertz CT molecular complexity index is 723. The van der Waals surface area contributed by atoms with Crippen LogP contribution in [0, 0.1) is 0 Å². The van der Waals surface area contributed by atoms with Crippen molar-refractivity contribution in [1.82, 2.24) is 4.98 Å². The number of pyridine rings is 1. The predicted molar refractivity (Wildman–Crippen MR) is 79.3 cm³/mol. The number of nitrogen functional groups attached to an aromatic ring is 1. The highest BCUT2D eigenvalue weighted by atomic mass is 79.9. The van der Waals surface area contributed by atoms with Crippen molar-refractivity contribution >= 4 is 32.5 Å². The van der Waals surface area contributed by atoms with E-state index < -0.39 is 0 Å². The Morgan fingerprint density at radius 2 is 1.83 bits per heavy atom. The van der Waals surface area contributed by atoms with Crippen molar-refractivity contribution in [3.8, 4) is 11.1 Å². The molecule has 3 aromatic rings. The van der Waals surface area contributed by atoms with Crippen LogP contribution in [0.25, 0.3) is 22.0 Å². The van der Waals surface area contributed by atoms with Crippen molar-refractivity contribution in [1.29, 1.82) is 0 Å². The first-order valence-corrected chi connectivity index (χ1v) is 6.43. The largest absolute Gasteiger partial charge is 0.398 e. The lowest BCUT2D eigenvalue weighted by atomic mass is 10.0. The van der Waals surface area contributed by atoms with Gasteiger partial charge in [-0.05, 0) is 30.3 Å². The van der Waals surface area contributed by atoms with E-state index in [1.807, 2.05) is 42.6 Å². The van der Waals surface area contributed by atoms with Crippen LogP contribution in [-0.4, -0.2) is 4.98 Å². The summed E-state index contributed by atoms with van der Waals surface area (Å²) in [6.07, 6.45) is 1.86. The molecule has 0 aliphatic rings. The topological polar surface area (TPSA) is 38.9 Å². The number of hydrogen-bond donors (Lipinski definition) is 1. The van der Waals surface area contributed by atoms with Crippen LogP contribution in [0.2, 0.25) is 0 Å². The molecular formula is C15H11BrN2. The van der Waals surface area contributed by atoms with Gasteiger partial charge < -0.3 is 5.73 Å². The minimum Gasteiger partial charge on any atom is -0.398 e. The van der Waals surface area contributed by atoms with Gasteiger partial charge in [-0.3, -0.25) is 4.98 Å². The number of rotatable bonds is 1. The summed E-state index contributed by atoms with van der Waals surface area (Å²) >= 11 is 3.47. The molecule has 0 aliphatic heterocycles. The number of halogens is 1. The predicted octanol–water partition coefficient (Wildman–Crippen LogP) is 4.25. The summed E-state index contributed by atoms with van der Waals surface area (Å²) in [7, 11) is 0. The lowest BCUT2D eigenvalue weighted by molar-refractivity contribution is 1.41. The number of aromatic nitrogens is 1. The van der Waals surface area contributed by atoms with Crippen LogP contribution in [0.5, 0.6) is 0 Å². The Labute approximate surface area is 114 Å². The van der Waals surface area contributed by atoms with Gasteiger partial charge in [0.2, 0.25) is 0 Å². The van der Waals surface area contributed by atoms with Crippen LogP contribution in [0.15, 0.2) is 59.2 Å². The van der Waals surface area contributed by atoms with E-state index in [1.54, 1.807) is 0 Å². The molecule has 2 aromatic carbocycles. The van der Waals surface area contributed by atoms with E-state index in [0.29, 0.717) is 0 Å². The van der Waals surface area contributed by atoms with Gasteiger partial charge in [0.1, 0.15) is 0 Å². The molecule has 3 heteroatoms. The fourth-order valence-corrected chi connectivity index (χ4v) is 2.36. The average Bonchev–Trinajstić information content (AvgIpc) is 2.41. The van der Waals surface area contributed by atoms with Crippen molar-refractivity contribution in [2.24, 2.45) is 0 Å². The molecule has 0 atom stereocenters. The van der Waals surface area contributed by atoms with Crippen LogP contribution in [0.1, 0.15) is 0 Å². The maximum Gasteiger partial charge on any atom is 0.0702 e. The Hall–Kier alpha value is -1.87. The fraction of sp³-hybridized carbons (Fsp3) is 0. The molecule has 0 spiro atoms. The summed E-state index contributed by atoms with van der Waals surface area (Å²) in [6.45, 7) is 0. The third kappa shape index (κ3) is 1.97. The molecule has 18 heavy (non-hydrogen) atoms. The molecule has 1 aromatic heterocycles. The minimum atomic E-state index is 0.760. The maximum atomic E-state index is 6.02. The lowest BCUT2D eigenvalue weighted by Crippen LogP contribution is -1.90. The quantitative estimate of drug-likeness (QED) is 0.682. The van der Waals surface area contributed by atoms with E-state index in [9.17, 15) is 0 Å². The summed E-state index contributed by atoms with van der Waals surface area (Å²) in [5, 5.41) is 1.12. The summed E-state index contributed by atoms with van der Waals surface area (Å²) < 4.78 is 1.01. The van der Waals surface area contributed by atoms with Gasteiger partial charge in [-0.25, -0.2) is 0 Å². The van der Waals surface area contributed by atoms with Crippen molar-refractivity contribution in [3.63, 3.8) is 0 Å². The molecular weight excluding hydrogens is 288 g/mol. The first-order valence-electron chi connectivity index (χ1n) is 5.64. The second kappa shape index (κ2) is 4.42. The summed E-state index contributed by atoms with van der Waals surface area (Å²) in [4.78, 5) is 4.46. The highest BCUT2D eigenvalue weighted by molar-refractivity contribution is 9.10. The van der Waals surface area contributed by atoms with Crippen molar-refractivity contribution < 1.29 is 0 Å². The second-order valence-corrected chi connectivity index (χ2v) is 5.06. The van der Waals surface area contributed by atoms with E-state index in [1.165, 1.54) is 0 Å². The number of benzene rings is 2. The highest BCUT2D eigenvalue weighted by Crippen LogP contribution is 2.30. The molecule has 3 rings (SSSR count). The molecule has 0 saturated carbocycles. The average molecular weight is 299 g/mol. The third-order valence-corrected chi connectivity index (χ3v) is 3.41. The molecule has 0 radical (unpaired) electrons. The van der Waals surface area contributed by atoms with Gasteiger partial charge >= 0.3 is 0 Å². The number of nitrogens with two attached hydrogens (primary N) is 1. The number of anilines is 1. The highest BCUT2D eigenvalue weighted by Gasteiger charge is 2.05. The van der Waals surface area contributed by atoms with Crippen molar-refractivity contribution in [2.75, 3.05) is 5.73 Å². The number of hydrogen-bond acceptors (Lipinski definition) is 2. The van der Waals surface area contributed by atoms with E-state index in [4.69, 9.17) is 5.73 Å². The van der Waals surface area contributed by atoms with E-state index in [0.717, 1.165) is 32.2 Å². The summed E-state index contributed by atoms with van der Waals surface area (Å²) in [5.74, 6) is 0. The second-order valence-electron chi connectivity index (χ2n) is 4.15. The van der Waals surface area contributed by atoms with Gasteiger partial charge in [0.25, 0.3) is 0 Å². The summed E-state index contributed by atoms with van der Waals surface area (Å²) in [6, 6.07) is 16.0. The van der Waals surface area contributed by atoms with Crippen LogP contribution >= 0.6 is 15.9 Å². The minimum absolute atomic E-state index is 0.760. The lowest BCUT2D eigenvalue weighted by Gasteiger charge is -2.07. The first-order chi connectivity index (χ1) is 8.74. The molecule has 2 nitrogen and oxygen atoms in total. The standard InChI is InChI=1S/C15H11BrN2/c16-12-5-6-14(17)13(8-12)11-7-10-3-1-2-4-15(10)18-9-11/h1-9H,17H2. The van der Waals surface area contributed by atoms with Crippen molar-refractivity contribution in [3.05, 3.63) is 59.2 Å². The Balaban J connectivity index is 2.22.